The highest BCUT2D eigenvalue weighted by molar-refractivity contribution is 5.23. The molecule has 16 nitrogen and oxygen atoms in total. The lowest BCUT2D eigenvalue weighted by Gasteiger charge is -2.27. The van der Waals surface area contributed by atoms with Crippen molar-refractivity contribution in [3.8, 4) is 0 Å². The topological polar surface area (TPSA) is 148 Å². The fourth-order valence-electron chi connectivity index (χ4n) is 11.6. The van der Waals surface area contributed by atoms with E-state index < -0.39 is 0 Å². The van der Waals surface area contributed by atoms with Gasteiger partial charge >= 0.3 is 0 Å². The molecule has 0 atom stereocenters. The summed E-state index contributed by atoms with van der Waals surface area (Å²) in [6.45, 7) is 35.0. The molecular weight excluding hydrogens is 1200 g/mol. The summed E-state index contributed by atoms with van der Waals surface area (Å²) in [6, 6.07) is 42.4. The molecule has 0 aliphatic carbocycles. The number of hydrogen-bond donors (Lipinski definition) is 0. The first kappa shape index (κ1) is 74.1. The number of hydrogen-bond acceptors (Lipinski definition) is 16. The van der Waals surface area contributed by atoms with Crippen molar-refractivity contribution in [3.63, 3.8) is 0 Å². The van der Waals surface area contributed by atoms with Crippen LogP contribution in [0.2, 0.25) is 0 Å². The van der Waals surface area contributed by atoms with Crippen LogP contribution in [0.1, 0.15) is 133 Å². The summed E-state index contributed by atoms with van der Waals surface area (Å²) in [6.07, 6.45) is 22.1. The molecule has 508 valence electrons. The molecule has 97 heavy (non-hydrogen) atoms. The highest BCUT2D eigenvalue weighted by Crippen LogP contribution is 2.17. The largest absolute Gasteiger partial charge is 0.299 e. The van der Waals surface area contributed by atoms with E-state index in [4.69, 9.17) is 0 Å². The number of nitrogens with zero attached hydrogens (tertiary/aromatic N) is 16. The highest BCUT2D eigenvalue weighted by Gasteiger charge is 2.18. The van der Waals surface area contributed by atoms with Gasteiger partial charge in [-0.25, -0.2) is 0 Å². The van der Waals surface area contributed by atoms with Gasteiger partial charge in [0.1, 0.15) is 0 Å². The normalized spacial score (nSPS) is 11.4. The minimum absolute atomic E-state index is 0.774. The van der Waals surface area contributed by atoms with E-state index in [1.165, 1.54) is 55.6 Å². The molecule has 0 bridgehead atoms. The van der Waals surface area contributed by atoms with Gasteiger partial charge in [-0.15, -0.1) is 0 Å². The molecule has 0 spiro atoms. The molecular formula is C81H104N16. The van der Waals surface area contributed by atoms with E-state index in [-0.39, 0.29) is 0 Å². The van der Waals surface area contributed by atoms with E-state index in [1.807, 2.05) is 104 Å². The van der Waals surface area contributed by atoms with Gasteiger partial charge in [-0.2, -0.15) is 0 Å². The van der Waals surface area contributed by atoms with Crippen molar-refractivity contribution in [2.45, 2.75) is 154 Å². The minimum atomic E-state index is 0.774. The predicted octanol–water partition coefficient (Wildman–Crippen LogP) is 13.8. The average Bonchev–Trinajstić information content (AvgIpc) is 1.17. The van der Waals surface area contributed by atoms with Crippen LogP contribution in [0.15, 0.2) is 183 Å². The molecule has 10 aromatic heterocycles. The molecule has 16 heteroatoms. The van der Waals surface area contributed by atoms with Gasteiger partial charge < -0.3 is 0 Å². The summed E-state index contributed by atoms with van der Waals surface area (Å²) < 4.78 is 0. The Morgan fingerprint density at radius 2 is 0.381 bits per heavy atom. The fraction of sp³-hybridized carbons (Fsp3) is 0.383. The number of pyridine rings is 10. The van der Waals surface area contributed by atoms with Gasteiger partial charge in [-0.1, -0.05) is 20.8 Å². The zero-order valence-electron chi connectivity index (χ0n) is 59.9. The molecule has 0 saturated heterocycles. The van der Waals surface area contributed by atoms with Gasteiger partial charge in [0.2, 0.25) is 0 Å². The summed E-state index contributed by atoms with van der Waals surface area (Å²) in [5.41, 5.74) is 23.7. The Morgan fingerprint density at radius 3 is 0.577 bits per heavy atom. The van der Waals surface area contributed by atoms with Crippen molar-refractivity contribution >= 4 is 0 Å². The van der Waals surface area contributed by atoms with Crippen LogP contribution in [0.25, 0.3) is 0 Å². The third kappa shape index (κ3) is 27.4. The van der Waals surface area contributed by atoms with Gasteiger partial charge in [0.25, 0.3) is 0 Å². The Hall–Kier alpha value is -8.74. The van der Waals surface area contributed by atoms with Crippen LogP contribution in [0.5, 0.6) is 0 Å². The van der Waals surface area contributed by atoms with E-state index in [2.05, 4.69) is 241 Å². The second-order valence-electron chi connectivity index (χ2n) is 26.1. The average molecular weight is 1300 g/mol. The van der Waals surface area contributed by atoms with Crippen LogP contribution in [-0.4, -0.2) is 133 Å². The zero-order chi connectivity index (χ0) is 68.7. The Bertz CT molecular complexity index is 3680. The van der Waals surface area contributed by atoms with Crippen LogP contribution in [-0.2, 0) is 84.7 Å². The van der Waals surface area contributed by atoms with Gasteiger partial charge in [0, 0.05) is 167 Å². The Labute approximate surface area is 579 Å². The second kappa shape index (κ2) is 39.5. The Kier molecular flexibility index (Phi) is 30.1. The molecule has 0 aliphatic rings. The van der Waals surface area contributed by atoms with Crippen molar-refractivity contribution in [1.82, 2.24) is 79.2 Å². The molecule has 10 heterocycles. The lowest BCUT2D eigenvalue weighted by Crippen LogP contribution is -2.35. The van der Waals surface area contributed by atoms with E-state index in [0.29, 0.717) is 0 Å². The SMILES string of the molecule is CCc1ccnc(CN(C)CCN(Cc2cc(CC)ccn2)Cc2cc(CC)ccn2)c1.Cc1ccnc(CN(C)CCN(Cc2cc(C)ccn2)Cc2cc(C)ccn2)c1.Cc1ccnc(CN(CCN(Cc2cc(C)ccn2)Cc2cc(C)ccn2)Cc2cc(C)ccn2)c1. The van der Waals surface area contributed by atoms with Crippen LogP contribution >= 0.6 is 0 Å². The van der Waals surface area contributed by atoms with E-state index in [9.17, 15) is 0 Å². The molecule has 0 aliphatic heterocycles. The lowest BCUT2D eigenvalue weighted by molar-refractivity contribution is 0.178. The number of rotatable bonds is 32. The van der Waals surface area contributed by atoms with Crippen molar-refractivity contribution in [3.05, 3.63) is 296 Å². The molecule has 0 aromatic carbocycles. The first-order chi connectivity index (χ1) is 47.0. The quantitative estimate of drug-likeness (QED) is 0.0393. The van der Waals surface area contributed by atoms with E-state index in [1.54, 1.807) is 0 Å². The predicted molar refractivity (Wildman–Crippen MR) is 393 cm³/mol. The van der Waals surface area contributed by atoms with Gasteiger partial charge in [0.05, 0.1) is 56.9 Å². The first-order valence-corrected chi connectivity index (χ1v) is 34.5. The maximum atomic E-state index is 4.63. The standard InChI is InChI=1S/C30H36N6.C27H37N5.C24H31N5/c1-23-5-9-31-27(15-23)19-35(20-28-16-24(2)6-10-32-28)13-14-36(21-29-17-25(3)7-11-33-29)22-30-18-26(4)8-12-34-30;1-5-22-8-11-28-25(16-22)19-31(4)14-15-32(20-26-17-23(6-2)9-12-29-26)21-27-18-24(7-3)10-13-30-27;1-19-5-8-25-22(13-19)16-28(4)11-12-29(17-23-14-20(2)6-9-26-23)18-24-15-21(3)7-10-27-24/h5-12,15-18H,13-14,19-22H2,1-4H3;8-13,16-18H,5-7,14-15,19-21H2,1-4H3;5-10,13-15H,11-12,16-18H2,1-4H3. The van der Waals surface area contributed by atoms with Crippen LogP contribution < -0.4 is 0 Å². The fourth-order valence-corrected chi connectivity index (χ4v) is 11.6. The van der Waals surface area contributed by atoms with E-state index in [0.717, 1.165) is 181 Å². The Morgan fingerprint density at radius 1 is 0.216 bits per heavy atom. The van der Waals surface area contributed by atoms with Crippen molar-refractivity contribution in [1.29, 1.82) is 0 Å². The number of likely N-dealkylation sites (N-methyl/N-ethyl adjacent to an activating group) is 2. The first-order valence-electron chi connectivity index (χ1n) is 34.5. The molecule has 0 N–H and O–H groups in total. The second-order valence-corrected chi connectivity index (χ2v) is 26.1. The minimum Gasteiger partial charge on any atom is -0.299 e. The number of aryl methyl sites for hydroxylation is 10. The van der Waals surface area contributed by atoms with Crippen molar-refractivity contribution < 1.29 is 0 Å². The summed E-state index contributed by atoms with van der Waals surface area (Å²) in [5, 5.41) is 0. The molecule has 10 aromatic rings. The van der Waals surface area contributed by atoms with Crippen molar-refractivity contribution in [2.75, 3.05) is 53.4 Å². The third-order valence-corrected chi connectivity index (χ3v) is 16.9. The lowest BCUT2D eigenvalue weighted by atomic mass is 10.1. The molecule has 0 radical (unpaired) electrons. The van der Waals surface area contributed by atoms with Gasteiger partial charge in [-0.3, -0.25) is 79.2 Å². The zero-order valence-corrected chi connectivity index (χ0v) is 59.9. The van der Waals surface area contributed by atoms with Crippen LogP contribution in [0.3, 0.4) is 0 Å². The summed E-state index contributed by atoms with van der Waals surface area (Å²) in [7, 11) is 4.32. The third-order valence-electron chi connectivity index (χ3n) is 16.9. The maximum absolute atomic E-state index is 4.63. The molecule has 0 fully saturated rings. The molecule has 0 saturated carbocycles. The Balaban J connectivity index is 0.000000187. The number of aromatic nitrogens is 10. The molecule has 0 unspecified atom stereocenters. The maximum Gasteiger partial charge on any atom is 0.0546 e. The van der Waals surface area contributed by atoms with Gasteiger partial charge in [0.15, 0.2) is 0 Å². The summed E-state index contributed by atoms with van der Waals surface area (Å²) in [4.78, 5) is 60.3. The summed E-state index contributed by atoms with van der Waals surface area (Å²) >= 11 is 0. The van der Waals surface area contributed by atoms with E-state index >= 15 is 0 Å². The van der Waals surface area contributed by atoms with Crippen LogP contribution in [0.4, 0.5) is 0 Å². The van der Waals surface area contributed by atoms with Crippen LogP contribution in [0, 0.1) is 48.5 Å². The smallest absolute Gasteiger partial charge is 0.0546 e. The van der Waals surface area contributed by atoms with Gasteiger partial charge in [-0.05, 0) is 259 Å². The highest BCUT2D eigenvalue weighted by atomic mass is 15.2. The van der Waals surface area contributed by atoms with Crippen molar-refractivity contribution in [2.24, 2.45) is 0 Å². The molecule has 0 amide bonds. The molecule has 10 rings (SSSR count). The monoisotopic (exact) mass is 1300 g/mol. The summed E-state index contributed by atoms with van der Waals surface area (Å²) in [5.74, 6) is 0.